The molecule has 4 nitrogen and oxygen atoms in total. The van der Waals surface area contributed by atoms with Crippen molar-refractivity contribution in [1.82, 2.24) is 5.32 Å². The highest BCUT2D eigenvalue weighted by Crippen LogP contribution is 2.36. The molecule has 3 rings (SSSR count). The number of hydrogen-bond acceptors (Lipinski definition) is 4. The third-order valence-corrected chi connectivity index (χ3v) is 5.78. The van der Waals surface area contributed by atoms with E-state index >= 15 is 0 Å². The molecule has 1 N–H and O–H groups in total. The average Bonchev–Trinajstić information content (AvgIpc) is 2.64. The summed E-state index contributed by atoms with van der Waals surface area (Å²) in [7, 11) is -0.299. The van der Waals surface area contributed by atoms with Gasteiger partial charge in [-0.15, -0.1) is 0 Å². The quantitative estimate of drug-likeness (QED) is 0.861. The zero-order valence-corrected chi connectivity index (χ0v) is 16.1. The van der Waals surface area contributed by atoms with Crippen LogP contribution >= 0.6 is 0 Å². The first-order valence-electron chi connectivity index (χ1n) is 8.81. The van der Waals surface area contributed by atoms with Gasteiger partial charge in [-0.05, 0) is 70.6 Å². The van der Waals surface area contributed by atoms with Gasteiger partial charge in [-0.25, -0.2) is 0 Å². The van der Waals surface area contributed by atoms with Crippen LogP contribution in [0.4, 0.5) is 0 Å². The normalized spacial score (nSPS) is 24.0. The lowest BCUT2D eigenvalue weighted by Gasteiger charge is -2.39. The Balaban J connectivity index is 1.78. The Hall–Kier alpha value is -0.875. The standard InChI is InChI=1S/C19H30BNO3/c1-13-8-15(20-23-17(3,4)18(5,6)24-20)9-14(2)16(13)10-21-19(7)11-22-12-19/h8-9,21H,10-12H2,1-7H3. The fourth-order valence-corrected chi connectivity index (χ4v) is 3.23. The van der Waals surface area contributed by atoms with E-state index < -0.39 is 0 Å². The molecule has 2 aliphatic rings. The van der Waals surface area contributed by atoms with Crippen molar-refractivity contribution in [3.8, 4) is 0 Å². The second kappa shape index (κ2) is 5.84. The Morgan fingerprint density at radius 2 is 1.46 bits per heavy atom. The molecule has 0 atom stereocenters. The fraction of sp³-hybridized carbons (Fsp3) is 0.684. The van der Waals surface area contributed by atoms with Crippen LogP contribution in [-0.2, 0) is 20.6 Å². The SMILES string of the molecule is Cc1cc(B2OC(C)(C)C(C)(C)O2)cc(C)c1CNC1(C)COC1. The highest BCUT2D eigenvalue weighted by Gasteiger charge is 2.51. The number of benzene rings is 1. The Kier molecular flexibility index (Phi) is 4.36. The molecule has 1 aromatic carbocycles. The van der Waals surface area contributed by atoms with Crippen LogP contribution in [0.15, 0.2) is 12.1 Å². The van der Waals surface area contributed by atoms with Gasteiger partial charge >= 0.3 is 7.12 Å². The van der Waals surface area contributed by atoms with E-state index in [1.54, 1.807) is 0 Å². The molecule has 0 spiro atoms. The minimum absolute atomic E-state index is 0.114. The molecule has 2 heterocycles. The monoisotopic (exact) mass is 331 g/mol. The van der Waals surface area contributed by atoms with Gasteiger partial charge in [0.1, 0.15) is 0 Å². The summed E-state index contributed by atoms with van der Waals surface area (Å²) in [4.78, 5) is 0. The first-order chi connectivity index (χ1) is 11.0. The van der Waals surface area contributed by atoms with Crippen LogP contribution in [0, 0.1) is 13.8 Å². The third kappa shape index (κ3) is 3.15. The number of ether oxygens (including phenoxy) is 1. The van der Waals surface area contributed by atoms with Crippen LogP contribution in [0.5, 0.6) is 0 Å². The van der Waals surface area contributed by atoms with Gasteiger partial charge in [0, 0.05) is 6.54 Å². The van der Waals surface area contributed by atoms with E-state index in [2.05, 4.69) is 65.9 Å². The van der Waals surface area contributed by atoms with Gasteiger partial charge in [0.2, 0.25) is 0 Å². The highest BCUT2D eigenvalue weighted by molar-refractivity contribution is 6.62. The van der Waals surface area contributed by atoms with Gasteiger partial charge in [0.25, 0.3) is 0 Å². The second-order valence-corrected chi connectivity index (χ2v) is 8.63. The molecule has 0 bridgehead atoms. The number of aryl methyl sites for hydroxylation is 2. The summed E-state index contributed by atoms with van der Waals surface area (Å²) in [5.41, 5.74) is 4.50. The minimum atomic E-state index is -0.307. The van der Waals surface area contributed by atoms with E-state index in [1.807, 2.05) is 0 Å². The zero-order valence-electron chi connectivity index (χ0n) is 16.1. The maximum atomic E-state index is 6.19. The molecule has 2 fully saturated rings. The molecule has 2 saturated heterocycles. The van der Waals surface area contributed by atoms with Crippen molar-refractivity contribution in [2.24, 2.45) is 0 Å². The first-order valence-corrected chi connectivity index (χ1v) is 8.81. The Labute approximate surface area is 146 Å². The van der Waals surface area contributed by atoms with Crippen molar-refractivity contribution in [3.05, 3.63) is 28.8 Å². The van der Waals surface area contributed by atoms with Crippen LogP contribution in [0.1, 0.15) is 51.3 Å². The Morgan fingerprint density at radius 1 is 0.958 bits per heavy atom. The molecular weight excluding hydrogens is 301 g/mol. The van der Waals surface area contributed by atoms with E-state index in [0.717, 1.165) is 25.2 Å². The predicted molar refractivity (Wildman–Crippen MR) is 97.7 cm³/mol. The lowest BCUT2D eigenvalue weighted by Crippen LogP contribution is -2.57. The largest absolute Gasteiger partial charge is 0.494 e. The van der Waals surface area contributed by atoms with Gasteiger partial charge in [-0.3, -0.25) is 0 Å². The average molecular weight is 331 g/mol. The van der Waals surface area contributed by atoms with Crippen LogP contribution in [0.2, 0.25) is 0 Å². The van der Waals surface area contributed by atoms with Gasteiger partial charge in [0.15, 0.2) is 0 Å². The molecular formula is C19H30BNO3. The van der Waals surface area contributed by atoms with Crippen LogP contribution in [-0.4, -0.2) is 37.1 Å². The minimum Gasteiger partial charge on any atom is -0.399 e. The van der Waals surface area contributed by atoms with E-state index in [0.29, 0.717) is 0 Å². The predicted octanol–water partition coefficient (Wildman–Crippen LogP) is 2.48. The first kappa shape index (κ1) is 17.9. The van der Waals surface area contributed by atoms with Crippen LogP contribution in [0.25, 0.3) is 0 Å². The van der Waals surface area contributed by atoms with Crippen LogP contribution in [0.3, 0.4) is 0 Å². The molecule has 5 heteroatoms. The van der Waals surface area contributed by atoms with E-state index in [1.165, 1.54) is 16.7 Å². The van der Waals surface area contributed by atoms with Gasteiger partial charge in [-0.1, -0.05) is 12.1 Å². The molecule has 0 aliphatic carbocycles. The third-order valence-electron chi connectivity index (χ3n) is 5.78. The highest BCUT2D eigenvalue weighted by atomic mass is 16.7. The smallest absolute Gasteiger partial charge is 0.399 e. The van der Waals surface area contributed by atoms with Gasteiger partial charge in [0.05, 0.1) is 30.0 Å². The van der Waals surface area contributed by atoms with Crippen molar-refractivity contribution in [2.75, 3.05) is 13.2 Å². The molecule has 0 amide bonds. The summed E-state index contributed by atoms with van der Waals surface area (Å²) in [5.74, 6) is 0. The lowest BCUT2D eigenvalue weighted by molar-refractivity contribution is -0.0650. The molecule has 2 aliphatic heterocycles. The van der Waals surface area contributed by atoms with Gasteiger partial charge < -0.3 is 19.4 Å². The summed E-state index contributed by atoms with van der Waals surface area (Å²) >= 11 is 0. The zero-order chi connectivity index (χ0) is 17.8. The van der Waals surface area contributed by atoms with Crippen LogP contribution < -0.4 is 10.8 Å². The Morgan fingerprint density at radius 3 is 1.88 bits per heavy atom. The van der Waals surface area contributed by atoms with Crippen molar-refractivity contribution in [2.45, 2.75) is 71.8 Å². The maximum absolute atomic E-state index is 6.19. The summed E-state index contributed by atoms with van der Waals surface area (Å²) in [6.45, 7) is 17.3. The maximum Gasteiger partial charge on any atom is 0.494 e. The van der Waals surface area contributed by atoms with E-state index in [9.17, 15) is 0 Å². The molecule has 1 aromatic rings. The molecule has 0 saturated carbocycles. The number of rotatable bonds is 4. The number of hydrogen-bond donors (Lipinski definition) is 1. The molecule has 0 unspecified atom stereocenters. The van der Waals surface area contributed by atoms with Crippen molar-refractivity contribution >= 4 is 12.6 Å². The molecule has 0 aromatic heterocycles. The number of nitrogens with one attached hydrogen (secondary N) is 1. The summed E-state index contributed by atoms with van der Waals surface area (Å²) < 4.78 is 17.7. The summed E-state index contributed by atoms with van der Waals surface area (Å²) in [5, 5.41) is 3.62. The van der Waals surface area contributed by atoms with Crippen molar-refractivity contribution in [3.63, 3.8) is 0 Å². The van der Waals surface area contributed by atoms with Gasteiger partial charge in [-0.2, -0.15) is 0 Å². The topological polar surface area (TPSA) is 39.7 Å². The Bertz CT molecular complexity index is 598. The van der Waals surface area contributed by atoms with E-state index in [-0.39, 0.29) is 23.9 Å². The molecule has 24 heavy (non-hydrogen) atoms. The molecule has 132 valence electrons. The second-order valence-electron chi connectivity index (χ2n) is 8.63. The summed E-state index contributed by atoms with van der Waals surface area (Å²) in [6, 6.07) is 4.40. The molecule has 0 radical (unpaired) electrons. The van der Waals surface area contributed by atoms with Crippen molar-refractivity contribution in [1.29, 1.82) is 0 Å². The van der Waals surface area contributed by atoms with E-state index in [4.69, 9.17) is 14.0 Å². The van der Waals surface area contributed by atoms with Crippen molar-refractivity contribution < 1.29 is 14.0 Å². The lowest BCUT2D eigenvalue weighted by atomic mass is 9.76. The summed E-state index contributed by atoms with van der Waals surface area (Å²) in [6.07, 6.45) is 0. The fourth-order valence-electron chi connectivity index (χ4n) is 3.23.